The van der Waals surface area contributed by atoms with Gasteiger partial charge in [-0.15, -0.1) is 0 Å². The minimum Gasteiger partial charge on any atom is -0.381 e. The zero-order valence-corrected chi connectivity index (χ0v) is 14.7. The van der Waals surface area contributed by atoms with Crippen LogP contribution in [0.25, 0.3) is 0 Å². The average molecular weight is 296 g/mol. The highest BCUT2D eigenvalue weighted by Crippen LogP contribution is 2.39. The minimum atomic E-state index is 0.519. The number of ether oxygens (including phenoxy) is 1. The second-order valence-electron chi connectivity index (χ2n) is 8.14. The summed E-state index contributed by atoms with van der Waals surface area (Å²) in [5, 5.41) is 3.73. The van der Waals surface area contributed by atoms with E-state index in [2.05, 4.69) is 38.0 Å². The summed E-state index contributed by atoms with van der Waals surface area (Å²) in [4.78, 5) is 2.57. The first-order chi connectivity index (χ1) is 10.00. The fraction of sp³-hybridized carbons (Fsp3) is 1.00. The largest absolute Gasteiger partial charge is 0.381 e. The Balaban J connectivity index is 1.84. The molecule has 2 aliphatic rings. The summed E-state index contributed by atoms with van der Waals surface area (Å²) in [6.07, 6.45) is 6.65. The molecule has 124 valence electrons. The van der Waals surface area contributed by atoms with Gasteiger partial charge < -0.3 is 15.0 Å². The predicted octanol–water partition coefficient (Wildman–Crippen LogP) is 3.15. The number of rotatable bonds is 6. The maximum atomic E-state index is 5.63. The van der Waals surface area contributed by atoms with Crippen LogP contribution in [-0.4, -0.2) is 50.8 Å². The highest BCUT2D eigenvalue weighted by Gasteiger charge is 2.35. The number of hydrogen-bond acceptors (Lipinski definition) is 3. The Hall–Kier alpha value is -0.120. The van der Waals surface area contributed by atoms with Gasteiger partial charge in [0.25, 0.3) is 0 Å². The minimum absolute atomic E-state index is 0.519. The Morgan fingerprint density at radius 3 is 2.71 bits per heavy atom. The molecule has 1 saturated heterocycles. The lowest BCUT2D eigenvalue weighted by molar-refractivity contribution is 0.0347. The normalized spacial score (nSPS) is 33.3. The molecule has 3 heteroatoms. The fourth-order valence-electron chi connectivity index (χ4n) is 4.33. The molecule has 0 spiro atoms. The van der Waals surface area contributed by atoms with Crippen LogP contribution in [-0.2, 0) is 4.74 Å². The van der Waals surface area contributed by atoms with E-state index >= 15 is 0 Å². The summed E-state index contributed by atoms with van der Waals surface area (Å²) < 4.78 is 5.63. The van der Waals surface area contributed by atoms with Gasteiger partial charge in [0.05, 0.1) is 6.61 Å². The van der Waals surface area contributed by atoms with Crippen LogP contribution >= 0.6 is 0 Å². The zero-order valence-electron chi connectivity index (χ0n) is 14.7. The van der Waals surface area contributed by atoms with Gasteiger partial charge in [0.2, 0.25) is 0 Å². The van der Waals surface area contributed by atoms with Crippen molar-refractivity contribution in [1.29, 1.82) is 0 Å². The van der Waals surface area contributed by atoms with E-state index in [0.29, 0.717) is 11.5 Å². The van der Waals surface area contributed by atoms with Crippen LogP contribution < -0.4 is 5.32 Å². The molecule has 1 aliphatic carbocycles. The second kappa shape index (κ2) is 7.94. The zero-order chi connectivity index (χ0) is 15.3. The van der Waals surface area contributed by atoms with E-state index in [1.54, 1.807) is 0 Å². The smallest absolute Gasteiger partial charge is 0.0506 e. The second-order valence-corrected chi connectivity index (χ2v) is 8.14. The van der Waals surface area contributed by atoms with Gasteiger partial charge in [-0.3, -0.25) is 0 Å². The molecule has 2 rings (SSSR count). The van der Waals surface area contributed by atoms with Gasteiger partial charge >= 0.3 is 0 Å². The molecule has 2 fully saturated rings. The van der Waals surface area contributed by atoms with Crippen molar-refractivity contribution in [2.45, 2.75) is 58.9 Å². The van der Waals surface area contributed by atoms with Crippen molar-refractivity contribution < 1.29 is 4.74 Å². The Kier molecular flexibility index (Phi) is 6.51. The van der Waals surface area contributed by atoms with Crippen LogP contribution in [0.15, 0.2) is 0 Å². The maximum absolute atomic E-state index is 5.63. The first-order valence-corrected chi connectivity index (χ1v) is 9.00. The Morgan fingerprint density at radius 2 is 2.05 bits per heavy atom. The van der Waals surface area contributed by atoms with Gasteiger partial charge in [0.15, 0.2) is 0 Å². The van der Waals surface area contributed by atoms with Gasteiger partial charge in [-0.2, -0.15) is 0 Å². The van der Waals surface area contributed by atoms with Gasteiger partial charge in [-0.25, -0.2) is 0 Å². The molecule has 1 heterocycles. The van der Waals surface area contributed by atoms with E-state index in [1.165, 1.54) is 45.2 Å². The third-order valence-electron chi connectivity index (χ3n) is 5.35. The van der Waals surface area contributed by atoms with E-state index in [1.807, 2.05) is 0 Å². The quantitative estimate of drug-likeness (QED) is 0.815. The average Bonchev–Trinajstić information content (AvgIpc) is 2.42. The lowest BCUT2D eigenvalue weighted by Crippen LogP contribution is -2.47. The van der Waals surface area contributed by atoms with Crippen LogP contribution in [0, 0.1) is 17.3 Å². The summed E-state index contributed by atoms with van der Waals surface area (Å²) in [6, 6.07) is 0.716. The molecule has 0 radical (unpaired) electrons. The first-order valence-electron chi connectivity index (χ1n) is 9.00. The molecule has 0 aromatic carbocycles. The number of hydrogen-bond donors (Lipinski definition) is 1. The van der Waals surface area contributed by atoms with Gasteiger partial charge in [-0.1, -0.05) is 20.8 Å². The first kappa shape index (κ1) is 17.2. The van der Waals surface area contributed by atoms with Crippen molar-refractivity contribution in [3.05, 3.63) is 0 Å². The molecule has 0 amide bonds. The molecule has 0 aromatic rings. The van der Waals surface area contributed by atoms with Gasteiger partial charge in [0, 0.05) is 25.7 Å². The van der Waals surface area contributed by atoms with E-state index in [-0.39, 0.29) is 0 Å². The van der Waals surface area contributed by atoms with Gasteiger partial charge in [-0.05, 0) is 62.9 Å². The molecular formula is C18H36N2O. The van der Waals surface area contributed by atoms with E-state index < -0.39 is 0 Å². The van der Waals surface area contributed by atoms with Gasteiger partial charge in [0.1, 0.15) is 0 Å². The molecule has 1 N–H and O–H groups in total. The Bertz CT molecular complexity index is 300. The summed E-state index contributed by atoms with van der Waals surface area (Å²) in [7, 11) is 2.30. The predicted molar refractivity (Wildman–Crippen MR) is 89.6 cm³/mol. The van der Waals surface area contributed by atoms with Crippen molar-refractivity contribution >= 4 is 0 Å². The lowest BCUT2D eigenvalue weighted by atomic mass is 9.69. The van der Waals surface area contributed by atoms with E-state index in [0.717, 1.165) is 31.6 Å². The van der Waals surface area contributed by atoms with Crippen LogP contribution in [0.2, 0.25) is 0 Å². The van der Waals surface area contributed by atoms with Crippen LogP contribution in [0.4, 0.5) is 0 Å². The summed E-state index contributed by atoms with van der Waals surface area (Å²) in [5.41, 5.74) is 0.519. The van der Waals surface area contributed by atoms with Crippen molar-refractivity contribution in [2.75, 3.05) is 39.9 Å². The van der Waals surface area contributed by atoms with Crippen molar-refractivity contribution in [1.82, 2.24) is 10.2 Å². The number of nitrogens with one attached hydrogen (secondary N) is 1. The summed E-state index contributed by atoms with van der Waals surface area (Å²) >= 11 is 0. The molecule has 21 heavy (non-hydrogen) atoms. The molecule has 1 aliphatic heterocycles. The molecule has 3 nitrogen and oxygen atoms in total. The van der Waals surface area contributed by atoms with E-state index in [4.69, 9.17) is 4.74 Å². The molecule has 3 unspecified atom stereocenters. The summed E-state index contributed by atoms with van der Waals surface area (Å²) in [5.74, 6) is 1.54. The SMILES string of the molecule is CCNC1CCC(C)(C)CC1CN(C)CC1CCCOC1. The molecule has 0 aromatic heterocycles. The third-order valence-corrected chi connectivity index (χ3v) is 5.35. The lowest BCUT2D eigenvalue weighted by Gasteiger charge is -2.43. The Labute approximate surface area is 131 Å². The standard InChI is InChI=1S/C18H36N2O/c1-5-19-17-8-9-18(2,3)11-16(17)13-20(4)12-15-7-6-10-21-14-15/h15-17,19H,5-14H2,1-4H3. The van der Waals surface area contributed by atoms with Crippen molar-refractivity contribution in [3.63, 3.8) is 0 Å². The monoisotopic (exact) mass is 296 g/mol. The van der Waals surface area contributed by atoms with Crippen molar-refractivity contribution in [3.8, 4) is 0 Å². The topological polar surface area (TPSA) is 24.5 Å². The van der Waals surface area contributed by atoms with Crippen LogP contribution in [0.1, 0.15) is 52.9 Å². The summed E-state index contributed by atoms with van der Waals surface area (Å²) in [6.45, 7) is 12.6. The Morgan fingerprint density at radius 1 is 1.24 bits per heavy atom. The maximum Gasteiger partial charge on any atom is 0.0506 e. The highest BCUT2D eigenvalue weighted by molar-refractivity contribution is 4.90. The van der Waals surface area contributed by atoms with E-state index in [9.17, 15) is 0 Å². The molecular weight excluding hydrogens is 260 g/mol. The molecule has 0 bridgehead atoms. The fourth-order valence-corrected chi connectivity index (χ4v) is 4.33. The third kappa shape index (κ3) is 5.54. The van der Waals surface area contributed by atoms with Crippen LogP contribution in [0.3, 0.4) is 0 Å². The van der Waals surface area contributed by atoms with Crippen molar-refractivity contribution in [2.24, 2.45) is 17.3 Å². The molecule has 3 atom stereocenters. The number of nitrogens with zero attached hydrogens (tertiary/aromatic N) is 1. The molecule has 1 saturated carbocycles. The highest BCUT2D eigenvalue weighted by atomic mass is 16.5. The van der Waals surface area contributed by atoms with Crippen LogP contribution in [0.5, 0.6) is 0 Å².